The lowest BCUT2D eigenvalue weighted by molar-refractivity contribution is 0.629. The molecular formula is C16H14N2OS. The molecule has 0 aliphatic rings. The summed E-state index contributed by atoms with van der Waals surface area (Å²) in [7, 11) is 0. The van der Waals surface area contributed by atoms with E-state index in [9.17, 15) is 4.79 Å². The molecule has 0 radical (unpaired) electrons. The fourth-order valence-electron chi connectivity index (χ4n) is 2.05. The number of hydrogen-bond donors (Lipinski definition) is 0. The Bertz CT molecular complexity index is 768. The maximum atomic E-state index is 12.3. The second-order valence-corrected chi connectivity index (χ2v) is 5.59. The Balaban J connectivity index is 1.75. The molecule has 0 unspecified atom stereocenters. The fraction of sp³-hybridized carbons (Fsp3) is 0.125. The first-order valence-electron chi connectivity index (χ1n) is 6.47. The number of fused-ring (bicyclic) bond motifs is 1. The molecule has 0 atom stereocenters. The van der Waals surface area contributed by atoms with Crippen molar-refractivity contribution in [2.45, 2.75) is 11.4 Å². The largest absolute Gasteiger partial charge is 0.274 e. The molecule has 0 aliphatic carbocycles. The van der Waals surface area contributed by atoms with Crippen LogP contribution in [0.2, 0.25) is 0 Å². The maximum Gasteiger partial charge on any atom is 0.274 e. The van der Waals surface area contributed by atoms with E-state index in [2.05, 4.69) is 17.2 Å². The van der Waals surface area contributed by atoms with E-state index in [4.69, 9.17) is 0 Å². The number of benzene rings is 2. The maximum absolute atomic E-state index is 12.3. The van der Waals surface area contributed by atoms with Crippen LogP contribution in [0.15, 0.2) is 70.5 Å². The summed E-state index contributed by atoms with van der Waals surface area (Å²) in [5.74, 6) is 0.829. The van der Waals surface area contributed by atoms with Crippen molar-refractivity contribution in [3.63, 3.8) is 0 Å². The summed E-state index contributed by atoms with van der Waals surface area (Å²) < 4.78 is 1.54. The Hall–Kier alpha value is -2.07. The fourth-order valence-corrected chi connectivity index (χ4v) is 2.90. The lowest BCUT2D eigenvalue weighted by atomic mass is 10.2. The summed E-state index contributed by atoms with van der Waals surface area (Å²) in [4.78, 5) is 13.5. The molecule has 0 bridgehead atoms. The first-order valence-corrected chi connectivity index (χ1v) is 7.46. The van der Waals surface area contributed by atoms with Gasteiger partial charge in [-0.1, -0.05) is 36.4 Å². The van der Waals surface area contributed by atoms with Crippen LogP contribution in [0, 0.1) is 0 Å². The number of hydrogen-bond acceptors (Lipinski definition) is 3. The van der Waals surface area contributed by atoms with E-state index in [0.29, 0.717) is 6.54 Å². The SMILES string of the molecule is O=c1c2ccccc2cnn1CCSc1ccccc1. The zero-order valence-electron chi connectivity index (χ0n) is 10.9. The Morgan fingerprint density at radius 1 is 1.00 bits per heavy atom. The van der Waals surface area contributed by atoms with Crippen molar-refractivity contribution in [1.82, 2.24) is 9.78 Å². The van der Waals surface area contributed by atoms with Crippen LogP contribution in [0.4, 0.5) is 0 Å². The first-order chi connectivity index (χ1) is 9.84. The van der Waals surface area contributed by atoms with Crippen LogP contribution in [0.25, 0.3) is 10.8 Å². The Morgan fingerprint density at radius 3 is 2.60 bits per heavy atom. The molecule has 0 aliphatic heterocycles. The predicted molar refractivity (Wildman–Crippen MR) is 83.2 cm³/mol. The first kappa shape index (κ1) is 12.9. The molecule has 100 valence electrons. The highest BCUT2D eigenvalue weighted by molar-refractivity contribution is 7.99. The number of aryl methyl sites for hydroxylation is 1. The minimum absolute atomic E-state index is 0.0169. The van der Waals surface area contributed by atoms with Crippen molar-refractivity contribution >= 4 is 22.5 Å². The van der Waals surface area contributed by atoms with Gasteiger partial charge in [0.05, 0.1) is 18.1 Å². The van der Waals surface area contributed by atoms with E-state index in [-0.39, 0.29) is 5.56 Å². The zero-order chi connectivity index (χ0) is 13.8. The van der Waals surface area contributed by atoms with Crippen LogP contribution in [-0.2, 0) is 6.54 Å². The second kappa shape index (κ2) is 5.92. The molecule has 3 nitrogen and oxygen atoms in total. The molecule has 0 fully saturated rings. The standard InChI is InChI=1S/C16H14N2OS/c19-16-15-9-5-4-6-13(15)12-17-18(16)10-11-20-14-7-2-1-3-8-14/h1-9,12H,10-11H2. The van der Waals surface area contributed by atoms with Crippen LogP contribution >= 0.6 is 11.8 Å². The van der Waals surface area contributed by atoms with Gasteiger partial charge >= 0.3 is 0 Å². The van der Waals surface area contributed by atoms with E-state index in [1.807, 2.05) is 42.5 Å². The van der Waals surface area contributed by atoms with E-state index in [1.54, 1.807) is 18.0 Å². The van der Waals surface area contributed by atoms with Gasteiger partial charge in [0.15, 0.2) is 0 Å². The van der Waals surface area contributed by atoms with Gasteiger partial charge in [-0.15, -0.1) is 11.8 Å². The van der Waals surface area contributed by atoms with Gasteiger partial charge < -0.3 is 0 Å². The molecule has 0 N–H and O–H groups in total. The van der Waals surface area contributed by atoms with Gasteiger partial charge in [0.2, 0.25) is 0 Å². The van der Waals surface area contributed by atoms with Gasteiger partial charge in [-0.25, -0.2) is 4.68 Å². The van der Waals surface area contributed by atoms with Crippen molar-refractivity contribution in [3.8, 4) is 0 Å². The van der Waals surface area contributed by atoms with E-state index < -0.39 is 0 Å². The minimum Gasteiger partial charge on any atom is -0.267 e. The summed E-state index contributed by atoms with van der Waals surface area (Å²) in [6.07, 6.45) is 1.75. The van der Waals surface area contributed by atoms with Crippen molar-refractivity contribution in [3.05, 3.63) is 71.1 Å². The lowest BCUT2D eigenvalue weighted by Crippen LogP contribution is -2.23. The van der Waals surface area contributed by atoms with Gasteiger partial charge in [-0.2, -0.15) is 5.10 Å². The molecular weight excluding hydrogens is 268 g/mol. The van der Waals surface area contributed by atoms with E-state index >= 15 is 0 Å². The van der Waals surface area contributed by atoms with Gasteiger partial charge in [0.25, 0.3) is 5.56 Å². The molecule has 0 saturated heterocycles. The predicted octanol–water partition coefficient (Wildman–Crippen LogP) is 3.19. The van der Waals surface area contributed by atoms with E-state index in [0.717, 1.165) is 16.5 Å². The molecule has 0 spiro atoms. The third-order valence-corrected chi connectivity index (χ3v) is 4.07. The van der Waals surface area contributed by atoms with Gasteiger partial charge in [0, 0.05) is 16.0 Å². The topological polar surface area (TPSA) is 34.9 Å². The number of nitrogens with zero attached hydrogens (tertiary/aromatic N) is 2. The van der Waals surface area contributed by atoms with Gasteiger partial charge in [-0.3, -0.25) is 4.79 Å². The normalized spacial score (nSPS) is 10.8. The molecule has 2 aromatic carbocycles. The van der Waals surface area contributed by atoms with Crippen molar-refractivity contribution in [1.29, 1.82) is 0 Å². The highest BCUT2D eigenvalue weighted by Gasteiger charge is 2.03. The van der Waals surface area contributed by atoms with Crippen LogP contribution < -0.4 is 5.56 Å². The third kappa shape index (κ3) is 2.75. The number of aromatic nitrogens is 2. The zero-order valence-corrected chi connectivity index (χ0v) is 11.7. The molecule has 3 rings (SSSR count). The average Bonchev–Trinajstić information content (AvgIpc) is 2.51. The molecule has 20 heavy (non-hydrogen) atoms. The molecule has 3 aromatic rings. The Morgan fingerprint density at radius 2 is 1.75 bits per heavy atom. The van der Waals surface area contributed by atoms with Crippen LogP contribution in [-0.4, -0.2) is 15.5 Å². The minimum atomic E-state index is -0.0169. The summed E-state index contributed by atoms with van der Waals surface area (Å²) in [6.45, 7) is 0.614. The summed E-state index contributed by atoms with van der Waals surface area (Å²) in [6, 6.07) is 17.7. The molecule has 4 heteroatoms. The van der Waals surface area contributed by atoms with Gasteiger partial charge in [0.1, 0.15) is 0 Å². The monoisotopic (exact) mass is 282 g/mol. The molecule has 0 amide bonds. The van der Waals surface area contributed by atoms with Gasteiger partial charge in [-0.05, 0) is 18.2 Å². The average molecular weight is 282 g/mol. The van der Waals surface area contributed by atoms with Crippen molar-refractivity contribution in [2.24, 2.45) is 0 Å². The quantitative estimate of drug-likeness (QED) is 0.689. The van der Waals surface area contributed by atoms with Crippen LogP contribution in [0.5, 0.6) is 0 Å². The second-order valence-electron chi connectivity index (χ2n) is 4.42. The summed E-state index contributed by atoms with van der Waals surface area (Å²) in [5, 5.41) is 5.85. The number of rotatable bonds is 4. The lowest BCUT2D eigenvalue weighted by Gasteiger charge is -2.05. The highest BCUT2D eigenvalue weighted by atomic mass is 32.2. The molecule has 0 saturated carbocycles. The summed E-state index contributed by atoms with van der Waals surface area (Å²) in [5.41, 5.74) is -0.0169. The van der Waals surface area contributed by atoms with Crippen LogP contribution in [0.1, 0.15) is 0 Å². The molecule has 1 heterocycles. The summed E-state index contributed by atoms with van der Waals surface area (Å²) >= 11 is 1.73. The van der Waals surface area contributed by atoms with Crippen LogP contribution in [0.3, 0.4) is 0 Å². The van der Waals surface area contributed by atoms with E-state index in [1.165, 1.54) is 9.58 Å². The molecule has 1 aromatic heterocycles. The Kier molecular flexibility index (Phi) is 3.83. The number of thioether (sulfide) groups is 1. The Labute approximate surface area is 121 Å². The van der Waals surface area contributed by atoms with Crippen molar-refractivity contribution in [2.75, 3.05) is 5.75 Å². The smallest absolute Gasteiger partial charge is 0.267 e. The van der Waals surface area contributed by atoms with Crippen molar-refractivity contribution < 1.29 is 0 Å². The third-order valence-electron chi connectivity index (χ3n) is 3.08. The highest BCUT2D eigenvalue weighted by Crippen LogP contribution is 2.16.